The zero-order valence-corrected chi connectivity index (χ0v) is 10.3. The molecule has 0 aliphatic rings. The third-order valence-electron chi connectivity index (χ3n) is 1.96. The van der Waals surface area contributed by atoms with Gasteiger partial charge in [-0.25, -0.2) is 0 Å². The van der Waals surface area contributed by atoms with E-state index in [9.17, 15) is 14.9 Å². The Balaban J connectivity index is 2.83. The number of halogens is 1. The van der Waals surface area contributed by atoms with Crippen LogP contribution in [-0.2, 0) is 4.79 Å². The van der Waals surface area contributed by atoms with E-state index in [1.54, 1.807) is 18.2 Å². The van der Waals surface area contributed by atoms with Gasteiger partial charge in [-0.2, -0.15) is 0 Å². The molecular weight excluding hydrogens is 256 g/mol. The number of hydrogen-bond donors (Lipinski definition) is 1. The molecule has 0 spiro atoms. The molecule has 0 saturated heterocycles. The lowest BCUT2D eigenvalue weighted by Crippen LogP contribution is -2.07. The Labute approximate surface area is 109 Å². The summed E-state index contributed by atoms with van der Waals surface area (Å²) in [5.41, 5.74) is 0.0770. The molecule has 1 aromatic carbocycles. The molecule has 0 aliphatic carbocycles. The van der Waals surface area contributed by atoms with E-state index in [1.807, 2.05) is 6.92 Å². The first kappa shape index (κ1) is 13.9. The van der Waals surface area contributed by atoms with Crippen LogP contribution in [0.25, 0.3) is 0 Å². The summed E-state index contributed by atoms with van der Waals surface area (Å²) in [6, 6.07) is 4.07. The fourth-order valence-electron chi connectivity index (χ4n) is 1.17. The fourth-order valence-corrected chi connectivity index (χ4v) is 1.35. The number of nitrogens with one attached hydrogen (secondary N) is 1. The molecule has 0 radical (unpaired) electrons. The number of allylic oxidation sites excluding steroid dienone is 3. The van der Waals surface area contributed by atoms with Crippen LogP contribution in [-0.4, -0.2) is 10.8 Å². The summed E-state index contributed by atoms with van der Waals surface area (Å²) in [4.78, 5) is 21.5. The largest absolute Gasteiger partial charge is 0.322 e. The minimum atomic E-state index is -0.604. The average molecular weight is 267 g/mol. The maximum Gasteiger partial charge on any atom is 0.289 e. The molecular formula is C12H11ClN2O3. The zero-order chi connectivity index (χ0) is 13.5. The van der Waals surface area contributed by atoms with E-state index in [1.165, 1.54) is 24.3 Å². The quantitative estimate of drug-likeness (QED) is 0.393. The fraction of sp³-hybridized carbons (Fsp3) is 0.0833. The van der Waals surface area contributed by atoms with Gasteiger partial charge >= 0.3 is 0 Å². The Hall–Kier alpha value is -2.14. The first-order chi connectivity index (χ1) is 8.54. The molecule has 18 heavy (non-hydrogen) atoms. The van der Waals surface area contributed by atoms with E-state index in [0.29, 0.717) is 5.69 Å². The predicted octanol–water partition coefficient (Wildman–Crippen LogP) is 3.32. The maximum absolute atomic E-state index is 11.4. The van der Waals surface area contributed by atoms with Gasteiger partial charge in [0, 0.05) is 17.8 Å². The van der Waals surface area contributed by atoms with Crippen LogP contribution < -0.4 is 5.32 Å². The molecule has 1 N–H and O–H groups in total. The smallest absolute Gasteiger partial charge is 0.289 e. The molecule has 1 amide bonds. The van der Waals surface area contributed by atoms with Crippen LogP contribution in [0, 0.1) is 10.1 Å². The number of nitrogens with zero attached hydrogens (tertiary/aromatic N) is 1. The number of anilines is 1. The van der Waals surface area contributed by atoms with Crippen LogP contribution in [0.15, 0.2) is 42.5 Å². The molecule has 0 heterocycles. The van der Waals surface area contributed by atoms with Gasteiger partial charge in [0.2, 0.25) is 5.91 Å². The maximum atomic E-state index is 11.4. The molecule has 0 saturated carbocycles. The average Bonchev–Trinajstić information content (AvgIpc) is 2.31. The number of nitro groups is 1. The minimum Gasteiger partial charge on any atom is -0.322 e. The number of amides is 1. The topological polar surface area (TPSA) is 72.2 Å². The van der Waals surface area contributed by atoms with E-state index in [4.69, 9.17) is 11.6 Å². The van der Waals surface area contributed by atoms with Crippen LogP contribution >= 0.6 is 11.6 Å². The first-order valence-electron chi connectivity index (χ1n) is 5.09. The number of nitro benzene ring substituents is 1. The summed E-state index contributed by atoms with van der Waals surface area (Å²) in [6.07, 6.45) is 6.36. The van der Waals surface area contributed by atoms with Crippen LogP contribution in [0.3, 0.4) is 0 Å². The predicted molar refractivity (Wildman–Crippen MR) is 70.7 cm³/mol. The summed E-state index contributed by atoms with van der Waals surface area (Å²) in [5, 5.41) is 13.2. The van der Waals surface area contributed by atoms with E-state index in [0.717, 1.165) is 0 Å². The lowest BCUT2D eigenvalue weighted by Gasteiger charge is -2.02. The van der Waals surface area contributed by atoms with Crippen LogP contribution in [0.5, 0.6) is 0 Å². The molecule has 0 atom stereocenters. The van der Waals surface area contributed by atoms with Gasteiger partial charge in [-0.15, -0.1) is 0 Å². The lowest BCUT2D eigenvalue weighted by molar-refractivity contribution is -0.384. The number of carbonyl (C=O) groups excluding carboxylic acids is 1. The standard InChI is InChI=1S/C12H11ClN2O3/c1-2-3-4-5-12(16)14-9-6-7-10(13)11(8-9)15(17)18/h2-8H,1H3,(H,14,16). The number of carbonyl (C=O) groups is 1. The highest BCUT2D eigenvalue weighted by atomic mass is 35.5. The Morgan fingerprint density at radius 2 is 2.17 bits per heavy atom. The SMILES string of the molecule is CC=CC=CC(=O)Nc1ccc(Cl)c([N+](=O)[O-])c1. The van der Waals surface area contributed by atoms with Crippen molar-refractivity contribution in [2.75, 3.05) is 5.32 Å². The van der Waals surface area contributed by atoms with Gasteiger partial charge in [0.1, 0.15) is 5.02 Å². The summed E-state index contributed by atoms with van der Waals surface area (Å²) < 4.78 is 0. The van der Waals surface area contributed by atoms with Crippen molar-refractivity contribution in [1.29, 1.82) is 0 Å². The highest BCUT2D eigenvalue weighted by Gasteiger charge is 2.13. The summed E-state index contributed by atoms with van der Waals surface area (Å²) in [7, 11) is 0. The Morgan fingerprint density at radius 3 is 2.78 bits per heavy atom. The number of rotatable bonds is 4. The molecule has 0 fully saturated rings. The van der Waals surface area contributed by atoms with E-state index < -0.39 is 4.92 Å². The van der Waals surface area contributed by atoms with Gasteiger partial charge in [-0.05, 0) is 19.1 Å². The van der Waals surface area contributed by atoms with Gasteiger partial charge in [-0.3, -0.25) is 14.9 Å². The van der Waals surface area contributed by atoms with Crippen LogP contribution in [0.4, 0.5) is 11.4 Å². The number of benzene rings is 1. The molecule has 6 heteroatoms. The zero-order valence-electron chi connectivity index (χ0n) is 9.59. The van der Waals surface area contributed by atoms with Gasteiger partial charge < -0.3 is 5.32 Å². The molecule has 1 rings (SSSR count). The Kier molecular flexibility index (Phi) is 5.07. The van der Waals surface area contributed by atoms with Gasteiger partial charge in [0.25, 0.3) is 5.69 Å². The third-order valence-corrected chi connectivity index (χ3v) is 2.28. The molecule has 0 unspecified atom stereocenters. The second-order valence-corrected chi connectivity index (χ2v) is 3.70. The van der Waals surface area contributed by atoms with Crippen molar-refractivity contribution < 1.29 is 9.72 Å². The van der Waals surface area contributed by atoms with Gasteiger partial charge in [0.15, 0.2) is 0 Å². The second-order valence-electron chi connectivity index (χ2n) is 3.30. The normalized spacial score (nSPS) is 11.0. The number of hydrogen-bond acceptors (Lipinski definition) is 3. The second kappa shape index (κ2) is 6.56. The van der Waals surface area contributed by atoms with Crippen molar-refractivity contribution in [3.63, 3.8) is 0 Å². The molecule has 94 valence electrons. The van der Waals surface area contributed by atoms with Crippen molar-refractivity contribution >= 4 is 28.9 Å². The highest BCUT2D eigenvalue weighted by Crippen LogP contribution is 2.27. The van der Waals surface area contributed by atoms with E-state index >= 15 is 0 Å². The van der Waals surface area contributed by atoms with E-state index in [-0.39, 0.29) is 16.6 Å². The van der Waals surface area contributed by atoms with Crippen molar-refractivity contribution in [2.24, 2.45) is 0 Å². The van der Waals surface area contributed by atoms with Gasteiger partial charge in [0.05, 0.1) is 4.92 Å². The van der Waals surface area contributed by atoms with Crippen molar-refractivity contribution in [1.82, 2.24) is 0 Å². The van der Waals surface area contributed by atoms with E-state index in [2.05, 4.69) is 5.32 Å². The Morgan fingerprint density at radius 1 is 1.44 bits per heavy atom. The molecule has 0 aromatic heterocycles. The van der Waals surface area contributed by atoms with Crippen molar-refractivity contribution in [3.8, 4) is 0 Å². The Bertz CT molecular complexity index is 524. The molecule has 0 bridgehead atoms. The third kappa shape index (κ3) is 4.03. The van der Waals surface area contributed by atoms with Crippen LogP contribution in [0.2, 0.25) is 5.02 Å². The monoisotopic (exact) mass is 266 g/mol. The summed E-state index contributed by atoms with van der Waals surface area (Å²) in [5.74, 6) is -0.371. The highest BCUT2D eigenvalue weighted by molar-refractivity contribution is 6.32. The van der Waals surface area contributed by atoms with Crippen molar-refractivity contribution in [3.05, 3.63) is 57.6 Å². The van der Waals surface area contributed by atoms with Crippen LogP contribution in [0.1, 0.15) is 6.92 Å². The van der Waals surface area contributed by atoms with Crippen molar-refractivity contribution in [2.45, 2.75) is 6.92 Å². The summed E-state index contributed by atoms with van der Waals surface area (Å²) in [6.45, 7) is 1.82. The molecule has 5 nitrogen and oxygen atoms in total. The molecule has 0 aliphatic heterocycles. The lowest BCUT2D eigenvalue weighted by atomic mass is 10.2. The van der Waals surface area contributed by atoms with Gasteiger partial charge in [-0.1, -0.05) is 29.8 Å². The first-order valence-corrected chi connectivity index (χ1v) is 5.46. The summed E-state index contributed by atoms with van der Waals surface area (Å²) >= 11 is 5.65. The minimum absolute atomic E-state index is 0.0301. The molecule has 1 aromatic rings.